The van der Waals surface area contributed by atoms with E-state index in [1.54, 1.807) is 6.20 Å². The SMILES string of the molecule is O=CCc1nc(C2CC2)ncc1Br. The van der Waals surface area contributed by atoms with Crippen molar-refractivity contribution < 1.29 is 4.79 Å². The monoisotopic (exact) mass is 240 g/mol. The number of aldehydes is 1. The first-order valence-electron chi connectivity index (χ1n) is 4.26. The highest BCUT2D eigenvalue weighted by atomic mass is 79.9. The molecule has 0 aromatic carbocycles. The number of halogens is 1. The summed E-state index contributed by atoms with van der Waals surface area (Å²) in [5.74, 6) is 1.43. The number of rotatable bonds is 3. The Morgan fingerprint density at radius 1 is 1.62 bits per heavy atom. The van der Waals surface area contributed by atoms with E-state index in [9.17, 15) is 4.79 Å². The lowest BCUT2D eigenvalue weighted by molar-refractivity contribution is -0.107. The lowest BCUT2D eigenvalue weighted by Crippen LogP contribution is -1.99. The Labute approximate surface area is 84.7 Å². The normalized spacial score (nSPS) is 15.8. The van der Waals surface area contributed by atoms with Crippen LogP contribution in [0.2, 0.25) is 0 Å². The van der Waals surface area contributed by atoms with Crippen molar-refractivity contribution >= 4 is 22.2 Å². The molecule has 0 bridgehead atoms. The quantitative estimate of drug-likeness (QED) is 0.758. The second-order valence-corrected chi connectivity index (χ2v) is 4.02. The maximum absolute atomic E-state index is 10.3. The molecule has 1 aromatic rings. The van der Waals surface area contributed by atoms with Crippen LogP contribution in [-0.4, -0.2) is 16.3 Å². The van der Waals surface area contributed by atoms with Gasteiger partial charge in [0.2, 0.25) is 0 Å². The Kier molecular flexibility index (Phi) is 2.40. The summed E-state index contributed by atoms with van der Waals surface area (Å²) in [4.78, 5) is 18.9. The summed E-state index contributed by atoms with van der Waals surface area (Å²) in [6.07, 6.45) is 5.33. The van der Waals surface area contributed by atoms with E-state index < -0.39 is 0 Å². The fraction of sp³-hybridized carbons (Fsp3) is 0.444. The van der Waals surface area contributed by atoms with E-state index in [1.807, 2.05) is 0 Å². The van der Waals surface area contributed by atoms with E-state index in [0.29, 0.717) is 12.3 Å². The van der Waals surface area contributed by atoms with E-state index in [2.05, 4.69) is 25.9 Å². The minimum Gasteiger partial charge on any atom is -0.303 e. The molecule has 1 aliphatic rings. The zero-order chi connectivity index (χ0) is 9.26. The molecule has 1 aliphatic carbocycles. The summed E-state index contributed by atoms with van der Waals surface area (Å²) in [7, 11) is 0. The first-order valence-corrected chi connectivity index (χ1v) is 5.05. The topological polar surface area (TPSA) is 42.9 Å². The summed E-state index contributed by atoms with van der Waals surface area (Å²) in [6, 6.07) is 0. The van der Waals surface area contributed by atoms with Crippen LogP contribution in [0.1, 0.15) is 30.3 Å². The van der Waals surface area contributed by atoms with Crippen molar-refractivity contribution in [2.24, 2.45) is 0 Å². The average Bonchev–Trinajstić information content (AvgIpc) is 2.92. The zero-order valence-electron chi connectivity index (χ0n) is 7.03. The Balaban J connectivity index is 2.29. The van der Waals surface area contributed by atoms with Crippen molar-refractivity contribution in [2.45, 2.75) is 25.2 Å². The Morgan fingerprint density at radius 3 is 3.00 bits per heavy atom. The molecule has 4 heteroatoms. The summed E-state index contributed by atoms with van der Waals surface area (Å²) in [5.41, 5.74) is 0.798. The molecule has 0 unspecified atom stereocenters. The van der Waals surface area contributed by atoms with E-state index >= 15 is 0 Å². The van der Waals surface area contributed by atoms with Gasteiger partial charge >= 0.3 is 0 Å². The predicted molar refractivity (Wildman–Crippen MR) is 51.5 cm³/mol. The van der Waals surface area contributed by atoms with Crippen molar-refractivity contribution in [3.05, 3.63) is 22.2 Å². The number of aromatic nitrogens is 2. The second-order valence-electron chi connectivity index (χ2n) is 3.17. The molecule has 3 nitrogen and oxygen atoms in total. The number of carbonyl (C=O) groups is 1. The van der Waals surface area contributed by atoms with Crippen molar-refractivity contribution in [1.82, 2.24) is 9.97 Å². The molecule has 0 spiro atoms. The van der Waals surface area contributed by atoms with Gasteiger partial charge in [0.05, 0.1) is 10.2 Å². The van der Waals surface area contributed by atoms with Gasteiger partial charge in [-0.05, 0) is 28.8 Å². The fourth-order valence-electron chi connectivity index (χ4n) is 1.18. The molecule has 0 N–H and O–H groups in total. The van der Waals surface area contributed by atoms with Gasteiger partial charge in [0.15, 0.2) is 0 Å². The molecular weight excluding hydrogens is 232 g/mol. The van der Waals surface area contributed by atoms with E-state index in [1.165, 1.54) is 12.8 Å². The van der Waals surface area contributed by atoms with Crippen LogP contribution >= 0.6 is 15.9 Å². The molecule has 2 rings (SSSR count). The lowest BCUT2D eigenvalue weighted by Gasteiger charge is -2.01. The van der Waals surface area contributed by atoms with Gasteiger partial charge in [-0.1, -0.05) is 0 Å². The predicted octanol–water partition coefficient (Wildman–Crippen LogP) is 1.86. The van der Waals surface area contributed by atoms with Crippen LogP contribution in [0.4, 0.5) is 0 Å². The zero-order valence-corrected chi connectivity index (χ0v) is 8.62. The first-order chi connectivity index (χ1) is 6.31. The molecule has 0 aliphatic heterocycles. The minimum absolute atomic E-state index is 0.364. The van der Waals surface area contributed by atoms with Crippen LogP contribution in [0.3, 0.4) is 0 Å². The van der Waals surface area contributed by atoms with Gasteiger partial charge < -0.3 is 4.79 Å². The van der Waals surface area contributed by atoms with Gasteiger partial charge in [-0.25, -0.2) is 9.97 Å². The average molecular weight is 241 g/mol. The molecule has 0 amide bonds. The minimum atomic E-state index is 0.364. The Morgan fingerprint density at radius 2 is 2.38 bits per heavy atom. The van der Waals surface area contributed by atoms with Crippen LogP contribution in [-0.2, 0) is 11.2 Å². The van der Waals surface area contributed by atoms with Crippen LogP contribution in [0.25, 0.3) is 0 Å². The number of carbonyl (C=O) groups excluding carboxylic acids is 1. The van der Waals surface area contributed by atoms with E-state index in [0.717, 1.165) is 22.3 Å². The second kappa shape index (κ2) is 3.54. The first kappa shape index (κ1) is 8.81. The summed E-state index contributed by atoms with van der Waals surface area (Å²) < 4.78 is 0.823. The molecule has 0 saturated heterocycles. The summed E-state index contributed by atoms with van der Waals surface area (Å²) in [6.45, 7) is 0. The third-order valence-electron chi connectivity index (χ3n) is 2.05. The van der Waals surface area contributed by atoms with Gasteiger partial charge in [0.1, 0.15) is 12.1 Å². The number of hydrogen-bond donors (Lipinski definition) is 0. The molecule has 1 heterocycles. The molecular formula is C9H9BrN2O. The van der Waals surface area contributed by atoms with Gasteiger partial charge in [-0.2, -0.15) is 0 Å². The molecule has 13 heavy (non-hydrogen) atoms. The van der Waals surface area contributed by atoms with Crippen molar-refractivity contribution in [3.63, 3.8) is 0 Å². The van der Waals surface area contributed by atoms with Crippen LogP contribution in [0.15, 0.2) is 10.7 Å². The Hall–Kier alpha value is -0.770. The van der Waals surface area contributed by atoms with Gasteiger partial charge in [-0.15, -0.1) is 0 Å². The molecule has 1 aromatic heterocycles. The number of hydrogen-bond acceptors (Lipinski definition) is 3. The number of nitrogens with zero attached hydrogens (tertiary/aromatic N) is 2. The maximum Gasteiger partial charge on any atom is 0.131 e. The summed E-state index contributed by atoms with van der Waals surface area (Å²) in [5, 5.41) is 0. The van der Waals surface area contributed by atoms with Crippen LogP contribution < -0.4 is 0 Å². The fourth-order valence-corrected chi connectivity index (χ4v) is 1.53. The maximum atomic E-state index is 10.3. The largest absolute Gasteiger partial charge is 0.303 e. The smallest absolute Gasteiger partial charge is 0.131 e. The van der Waals surface area contributed by atoms with Crippen molar-refractivity contribution in [1.29, 1.82) is 0 Å². The molecule has 1 fully saturated rings. The lowest BCUT2D eigenvalue weighted by atomic mass is 10.3. The Bertz CT molecular complexity index is 336. The highest BCUT2D eigenvalue weighted by Gasteiger charge is 2.26. The summed E-state index contributed by atoms with van der Waals surface area (Å²) >= 11 is 3.32. The van der Waals surface area contributed by atoms with Crippen molar-refractivity contribution in [3.8, 4) is 0 Å². The molecule has 1 saturated carbocycles. The molecule has 0 radical (unpaired) electrons. The van der Waals surface area contributed by atoms with Gasteiger partial charge in [0.25, 0.3) is 0 Å². The third-order valence-corrected chi connectivity index (χ3v) is 2.72. The highest BCUT2D eigenvalue weighted by molar-refractivity contribution is 9.10. The highest BCUT2D eigenvalue weighted by Crippen LogP contribution is 2.38. The standard InChI is InChI=1S/C9H9BrN2O/c10-7-5-11-9(6-1-2-6)12-8(7)3-4-13/h4-6H,1-3H2. The third kappa shape index (κ3) is 1.94. The van der Waals surface area contributed by atoms with E-state index in [4.69, 9.17) is 0 Å². The van der Waals surface area contributed by atoms with Gasteiger partial charge in [-0.3, -0.25) is 0 Å². The van der Waals surface area contributed by atoms with E-state index in [-0.39, 0.29) is 0 Å². The van der Waals surface area contributed by atoms with Crippen LogP contribution in [0, 0.1) is 0 Å². The van der Waals surface area contributed by atoms with Gasteiger partial charge in [0, 0.05) is 18.5 Å². The molecule has 68 valence electrons. The molecule has 0 atom stereocenters. The van der Waals surface area contributed by atoms with Crippen molar-refractivity contribution in [2.75, 3.05) is 0 Å². The van der Waals surface area contributed by atoms with Crippen LogP contribution in [0.5, 0.6) is 0 Å².